The second-order valence-corrected chi connectivity index (χ2v) is 7.48. The SMILES string of the molecule is Cc1sc(CNC2CC2)cc1CN1CCCCCC1. The van der Waals surface area contributed by atoms with Crippen molar-refractivity contribution in [2.75, 3.05) is 13.1 Å². The molecule has 106 valence electrons. The first-order valence-corrected chi connectivity index (χ1v) is 8.67. The molecule has 1 N–H and O–H groups in total. The average Bonchev–Trinajstić information content (AvgIpc) is 3.18. The molecule has 0 atom stereocenters. The fraction of sp³-hybridized carbons (Fsp3) is 0.750. The normalized spacial score (nSPS) is 21.5. The zero-order chi connectivity index (χ0) is 13.1. The Morgan fingerprint density at radius 2 is 1.95 bits per heavy atom. The van der Waals surface area contributed by atoms with E-state index >= 15 is 0 Å². The summed E-state index contributed by atoms with van der Waals surface area (Å²) in [5, 5.41) is 3.62. The van der Waals surface area contributed by atoms with Gasteiger partial charge in [0.05, 0.1) is 0 Å². The molecule has 0 aromatic carbocycles. The third-order valence-electron chi connectivity index (χ3n) is 4.31. The van der Waals surface area contributed by atoms with Gasteiger partial charge in [0.15, 0.2) is 0 Å². The molecule has 1 aromatic rings. The van der Waals surface area contributed by atoms with Crippen LogP contribution in [0.1, 0.15) is 53.8 Å². The molecule has 0 radical (unpaired) electrons. The van der Waals surface area contributed by atoms with Crippen molar-refractivity contribution in [2.45, 2.75) is 64.6 Å². The average molecular weight is 278 g/mol. The van der Waals surface area contributed by atoms with Crippen LogP contribution in [0.5, 0.6) is 0 Å². The molecule has 1 saturated heterocycles. The van der Waals surface area contributed by atoms with Crippen molar-refractivity contribution in [3.05, 3.63) is 21.4 Å². The largest absolute Gasteiger partial charge is 0.309 e. The maximum absolute atomic E-state index is 3.62. The molecule has 1 saturated carbocycles. The van der Waals surface area contributed by atoms with Crippen LogP contribution in [0.4, 0.5) is 0 Å². The van der Waals surface area contributed by atoms with Gasteiger partial charge in [-0.3, -0.25) is 4.90 Å². The highest BCUT2D eigenvalue weighted by atomic mass is 32.1. The van der Waals surface area contributed by atoms with Crippen molar-refractivity contribution >= 4 is 11.3 Å². The first-order valence-electron chi connectivity index (χ1n) is 7.85. The lowest BCUT2D eigenvalue weighted by atomic mass is 10.2. The first-order chi connectivity index (χ1) is 9.31. The van der Waals surface area contributed by atoms with E-state index in [0.29, 0.717) is 0 Å². The number of thiophene rings is 1. The molecule has 1 aliphatic heterocycles. The predicted molar refractivity (Wildman–Crippen MR) is 82.7 cm³/mol. The lowest BCUT2D eigenvalue weighted by molar-refractivity contribution is 0.277. The summed E-state index contributed by atoms with van der Waals surface area (Å²) in [4.78, 5) is 5.70. The molecule has 3 rings (SSSR count). The van der Waals surface area contributed by atoms with Crippen molar-refractivity contribution in [2.24, 2.45) is 0 Å². The number of aryl methyl sites for hydroxylation is 1. The van der Waals surface area contributed by atoms with Crippen LogP contribution in [0.2, 0.25) is 0 Å². The fourth-order valence-electron chi connectivity index (χ4n) is 2.90. The molecule has 0 unspecified atom stereocenters. The van der Waals surface area contributed by atoms with E-state index in [9.17, 15) is 0 Å². The Balaban J connectivity index is 1.56. The van der Waals surface area contributed by atoms with Crippen LogP contribution in [0, 0.1) is 6.92 Å². The van der Waals surface area contributed by atoms with Crippen LogP contribution in [0.15, 0.2) is 6.07 Å². The number of nitrogens with zero attached hydrogens (tertiary/aromatic N) is 1. The Morgan fingerprint density at radius 3 is 2.63 bits per heavy atom. The molecular weight excluding hydrogens is 252 g/mol. The van der Waals surface area contributed by atoms with Crippen LogP contribution in [-0.4, -0.2) is 24.0 Å². The smallest absolute Gasteiger partial charge is 0.0302 e. The Kier molecular flexibility index (Phi) is 4.57. The van der Waals surface area contributed by atoms with Crippen LogP contribution in [-0.2, 0) is 13.1 Å². The van der Waals surface area contributed by atoms with E-state index in [1.54, 1.807) is 5.56 Å². The molecule has 2 nitrogen and oxygen atoms in total. The molecule has 0 amide bonds. The molecule has 1 aromatic heterocycles. The summed E-state index contributed by atoms with van der Waals surface area (Å²) in [6.07, 6.45) is 8.39. The Labute approximate surface area is 121 Å². The standard InChI is InChI=1S/C16H26N2S/c1-13-14(12-18-8-4-2-3-5-9-18)10-16(19-13)11-17-15-6-7-15/h10,15,17H,2-9,11-12H2,1H3. The minimum absolute atomic E-state index is 0.816. The van der Waals surface area contributed by atoms with Gasteiger partial charge in [0, 0.05) is 28.9 Å². The van der Waals surface area contributed by atoms with Crippen LogP contribution < -0.4 is 5.32 Å². The van der Waals surface area contributed by atoms with Gasteiger partial charge in [-0.05, 0) is 57.3 Å². The summed E-state index contributed by atoms with van der Waals surface area (Å²) < 4.78 is 0. The van der Waals surface area contributed by atoms with Gasteiger partial charge in [-0.2, -0.15) is 0 Å². The second kappa shape index (κ2) is 6.38. The first kappa shape index (κ1) is 13.6. The third kappa shape index (κ3) is 4.04. The summed E-state index contributed by atoms with van der Waals surface area (Å²) in [6, 6.07) is 3.26. The molecule has 0 bridgehead atoms. The lowest BCUT2D eigenvalue weighted by Gasteiger charge is -2.19. The molecular formula is C16H26N2S. The van der Waals surface area contributed by atoms with E-state index in [1.165, 1.54) is 67.9 Å². The summed E-state index contributed by atoms with van der Waals surface area (Å²) in [7, 11) is 0. The number of nitrogens with one attached hydrogen (secondary N) is 1. The number of rotatable bonds is 5. The van der Waals surface area contributed by atoms with Crippen molar-refractivity contribution in [1.82, 2.24) is 10.2 Å². The van der Waals surface area contributed by atoms with E-state index in [-0.39, 0.29) is 0 Å². The molecule has 2 aliphatic rings. The van der Waals surface area contributed by atoms with Gasteiger partial charge >= 0.3 is 0 Å². The maximum Gasteiger partial charge on any atom is 0.0302 e. The van der Waals surface area contributed by atoms with Gasteiger partial charge in [-0.25, -0.2) is 0 Å². The van der Waals surface area contributed by atoms with Crippen LogP contribution in [0.25, 0.3) is 0 Å². The molecule has 2 fully saturated rings. The highest BCUT2D eigenvalue weighted by Gasteiger charge is 2.20. The van der Waals surface area contributed by atoms with E-state index in [1.807, 2.05) is 11.3 Å². The molecule has 19 heavy (non-hydrogen) atoms. The zero-order valence-electron chi connectivity index (χ0n) is 12.1. The summed E-state index contributed by atoms with van der Waals surface area (Å²) in [6.45, 7) is 7.14. The van der Waals surface area contributed by atoms with Gasteiger partial charge < -0.3 is 5.32 Å². The number of hydrogen-bond acceptors (Lipinski definition) is 3. The molecule has 3 heteroatoms. The van der Waals surface area contributed by atoms with Gasteiger partial charge in [-0.1, -0.05) is 12.8 Å². The van der Waals surface area contributed by atoms with Crippen molar-refractivity contribution < 1.29 is 0 Å². The van der Waals surface area contributed by atoms with E-state index in [4.69, 9.17) is 0 Å². The lowest BCUT2D eigenvalue weighted by Crippen LogP contribution is -2.24. The van der Waals surface area contributed by atoms with Gasteiger partial charge in [-0.15, -0.1) is 11.3 Å². The van der Waals surface area contributed by atoms with Crippen LogP contribution >= 0.6 is 11.3 Å². The highest BCUT2D eigenvalue weighted by Crippen LogP contribution is 2.25. The Hall–Kier alpha value is -0.380. The quantitative estimate of drug-likeness (QED) is 0.884. The monoisotopic (exact) mass is 278 g/mol. The van der Waals surface area contributed by atoms with Gasteiger partial charge in [0.1, 0.15) is 0 Å². The second-order valence-electron chi connectivity index (χ2n) is 6.14. The molecule has 0 spiro atoms. The molecule has 2 heterocycles. The number of hydrogen-bond donors (Lipinski definition) is 1. The fourth-order valence-corrected chi connectivity index (χ4v) is 3.90. The summed E-state index contributed by atoms with van der Waals surface area (Å²) >= 11 is 1.99. The van der Waals surface area contributed by atoms with E-state index in [2.05, 4.69) is 23.2 Å². The zero-order valence-corrected chi connectivity index (χ0v) is 12.9. The van der Waals surface area contributed by atoms with E-state index < -0.39 is 0 Å². The summed E-state index contributed by atoms with van der Waals surface area (Å²) in [5.74, 6) is 0. The van der Waals surface area contributed by atoms with Gasteiger partial charge in [0.25, 0.3) is 0 Å². The molecule has 1 aliphatic carbocycles. The van der Waals surface area contributed by atoms with Crippen molar-refractivity contribution in [3.63, 3.8) is 0 Å². The topological polar surface area (TPSA) is 15.3 Å². The maximum atomic E-state index is 3.62. The minimum atomic E-state index is 0.816. The van der Waals surface area contributed by atoms with Crippen molar-refractivity contribution in [3.8, 4) is 0 Å². The Bertz CT molecular complexity index is 401. The van der Waals surface area contributed by atoms with E-state index in [0.717, 1.165) is 12.6 Å². The third-order valence-corrected chi connectivity index (χ3v) is 5.40. The highest BCUT2D eigenvalue weighted by molar-refractivity contribution is 7.12. The van der Waals surface area contributed by atoms with Gasteiger partial charge in [0.2, 0.25) is 0 Å². The minimum Gasteiger partial charge on any atom is -0.309 e. The predicted octanol–water partition coefficient (Wildman–Crippen LogP) is 3.68. The Morgan fingerprint density at radius 1 is 1.21 bits per heavy atom. The summed E-state index contributed by atoms with van der Waals surface area (Å²) in [5.41, 5.74) is 1.57. The van der Waals surface area contributed by atoms with Crippen LogP contribution in [0.3, 0.4) is 0 Å². The van der Waals surface area contributed by atoms with Crippen molar-refractivity contribution in [1.29, 1.82) is 0 Å². The number of likely N-dealkylation sites (tertiary alicyclic amines) is 1.